The number of alkyl halides is 3. The van der Waals surface area contributed by atoms with Gasteiger partial charge in [-0.3, -0.25) is 9.59 Å². The van der Waals surface area contributed by atoms with E-state index in [1.807, 2.05) is 0 Å². The van der Waals surface area contributed by atoms with E-state index in [2.05, 4.69) is 5.32 Å². The van der Waals surface area contributed by atoms with Gasteiger partial charge in [-0.2, -0.15) is 13.2 Å². The zero-order valence-corrected chi connectivity index (χ0v) is 13.3. The highest BCUT2D eigenvalue weighted by Crippen LogP contribution is 2.23. The fourth-order valence-electron chi connectivity index (χ4n) is 2.78. The minimum Gasteiger partial charge on any atom is -0.423 e. The van der Waals surface area contributed by atoms with E-state index in [-0.39, 0.29) is 36.6 Å². The lowest BCUT2D eigenvalue weighted by molar-refractivity contribution is -0.187. The number of nitrogens with zero attached hydrogens (tertiary/aromatic N) is 1. The zero-order chi connectivity index (χ0) is 18.6. The lowest BCUT2D eigenvalue weighted by atomic mass is 9.79. The molecular formula is C15H18BF3N2O4. The van der Waals surface area contributed by atoms with E-state index in [1.165, 1.54) is 24.3 Å². The van der Waals surface area contributed by atoms with Crippen molar-refractivity contribution in [3.05, 3.63) is 29.8 Å². The first-order valence-corrected chi connectivity index (χ1v) is 7.79. The minimum absolute atomic E-state index is 0.0548. The number of benzene rings is 1. The molecule has 1 aromatic rings. The number of carbonyl (C=O) groups excluding carboxylic acids is 2. The normalized spacial score (nSPS) is 18.0. The van der Waals surface area contributed by atoms with Crippen LogP contribution in [0.15, 0.2) is 24.3 Å². The van der Waals surface area contributed by atoms with E-state index in [9.17, 15) is 22.8 Å². The second-order valence-corrected chi connectivity index (χ2v) is 5.97. The molecule has 1 heterocycles. The van der Waals surface area contributed by atoms with Crippen molar-refractivity contribution in [1.82, 2.24) is 10.2 Å². The van der Waals surface area contributed by atoms with Gasteiger partial charge in [0.1, 0.15) is 0 Å². The van der Waals surface area contributed by atoms with Crippen LogP contribution in [-0.4, -0.2) is 59.7 Å². The Morgan fingerprint density at radius 3 is 2.68 bits per heavy atom. The maximum atomic E-state index is 12.5. The summed E-state index contributed by atoms with van der Waals surface area (Å²) in [5, 5.41) is 20.8. The lowest BCUT2D eigenvalue weighted by Gasteiger charge is -2.33. The maximum Gasteiger partial charge on any atom is 0.488 e. The Morgan fingerprint density at radius 1 is 1.32 bits per heavy atom. The Balaban J connectivity index is 1.91. The van der Waals surface area contributed by atoms with Gasteiger partial charge in [-0.25, -0.2) is 0 Å². The van der Waals surface area contributed by atoms with Crippen molar-refractivity contribution in [3.63, 3.8) is 0 Å². The van der Waals surface area contributed by atoms with Gasteiger partial charge < -0.3 is 20.3 Å². The molecule has 1 fully saturated rings. The van der Waals surface area contributed by atoms with Gasteiger partial charge in [-0.1, -0.05) is 12.1 Å². The average molecular weight is 358 g/mol. The smallest absolute Gasteiger partial charge is 0.423 e. The van der Waals surface area contributed by atoms with Crippen LogP contribution in [0.25, 0.3) is 0 Å². The predicted octanol–water partition coefficient (Wildman–Crippen LogP) is -0.103. The van der Waals surface area contributed by atoms with Crippen molar-refractivity contribution in [2.75, 3.05) is 19.6 Å². The van der Waals surface area contributed by atoms with Gasteiger partial charge in [0, 0.05) is 25.2 Å². The van der Waals surface area contributed by atoms with Gasteiger partial charge in [-0.15, -0.1) is 0 Å². The van der Waals surface area contributed by atoms with Crippen LogP contribution in [0, 0.1) is 5.92 Å². The molecule has 1 aliphatic rings. The second kappa shape index (κ2) is 7.88. The first kappa shape index (κ1) is 19.3. The van der Waals surface area contributed by atoms with Crippen molar-refractivity contribution >= 4 is 24.4 Å². The molecule has 1 saturated heterocycles. The topological polar surface area (TPSA) is 89.9 Å². The number of piperidine rings is 1. The van der Waals surface area contributed by atoms with E-state index in [1.54, 1.807) is 0 Å². The molecule has 1 aliphatic heterocycles. The molecule has 0 radical (unpaired) electrons. The number of hydrogen-bond donors (Lipinski definition) is 3. The van der Waals surface area contributed by atoms with Crippen LogP contribution in [0.1, 0.15) is 23.2 Å². The van der Waals surface area contributed by atoms with Crippen molar-refractivity contribution in [2.45, 2.75) is 19.0 Å². The summed E-state index contributed by atoms with van der Waals surface area (Å²) in [6.45, 7) is 0.125. The number of halogens is 3. The molecule has 3 N–H and O–H groups in total. The van der Waals surface area contributed by atoms with Gasteiger partial charge in [-0.05, 0) is 36.4 Å². The monoisotopic (exact) mass is 358 g/mol. The van der Waals surface area contributed by atoms with Gasteiger partial charge in [0.2, 0.25) is 0 Å². The van der Waals surface area contributed by atoms with Crippen LogP contribution in [-0.2, 0) is 4.79 Å². The molecule has 25 heavy (non-hydrogen) atoms. The van der Waals surface area contributed by atoms with Gasteiger partial charge in [0.05, 0.1) is 0 Å². The number of rotatable bonds is 4. The number of likely N-dealkylation sites (tertiary alicyclic amines) is 1. The highest BCUT2D eigenvalue weighted by molar-refractivity contribution is 6.58. The Morgan fingerprint density at radius 2 is 2.04 bits per heavy atom. The van der Waals surface area contributed by atoms with Crippen molar-refractivity contribution < 1.29 is 32.8 Å². The third-order valence-corrected chi connectivity index (χ3v) is 4.05. The summed E-state index contributed by atoms with van der Waals surface area (Å²) >= 11 is 0. The molecular weight excluding hydrogens is 340 g/mol. The zero-order valence-electron chi connectivity index (χ0n) is 13.3. The largest absolute Gasteiger partial charge is 0.488 e. The highest BCUT2D eigenvalue weighted by Gasteiger charge is 2.43. The number of hydrogen-bond acceptors (Lipinski definition) is 4. The third kappa shape index (κ3) is 5.20. The summed E-state index contributed by atoms with van der Waals surface area (Å²) in [5.74, 6) is -2.59. The van der Waals surface area contributed by atoms with E-state index in [0.717, 1.165) is 4.90 Å². The van der Waals surface area contributed by atoms with E-state index >= 15 is 0 Å². The first-order chi connectivity index (χ1) is 11.7. The van der Waals surface area contributed by atoms with E-state index in [4.69, 9.17) is 10.0 Å². The van der Waals surface area contributed by atoms with Crippen molar-refractivity contribution in [3.8, 4) is 0 Å². The SMILES string of the molecule is O=C(NCC1CCCN(C(=O)C(F)(F)F)C1)c1cccc(B(O)O)c1. The maximum absolute atomic E-state index is 12.5. The Bertz CT molecular complexity index is 639. The lowest BCUT2D eigenvalue weighted by Crippen LogP contribution is -2.48. The molecule has 1 unspecified atom stereocenters. The molecule has 2 amide bonds. The standard InChI is InChI=1S/C15H18BF3N2O4/c17-15(18,19)14(23)21-6-2-3-10(9-21)8-20-13(22)11-4-1-5-12(7-11)16(24)25/h1,4-5,7,10,24-25H,2-3,6,8-9H2,(H,20,22). The van der Waals surface area contributed by atoms with Crippen molar-refractivity contribution in [1.29, 1.82) is 0 Å². The number of carbonyl (C=O) groups is 2. The Labute approximate surface area is 142 Å². The van der Waals surface area contributed by atoms with Crippen molar-refractivity contribution in [2.24, 2.45) is 5.92 Å². The summed E-state index contributed by atoms with van der Waals surface area (Å²) in [6, 6.07) is 5.75. The molecule has 0 spiro atoms. The first-order valence-electron chi connectivity index (χ1n) is 7.79. The van der Waals surface area contributed by atoms with Gasteiger partial charge in [0.15, 0.2) is 0 Å². The van der Waals surface area contributed by atoms with E-state index < -0.39 is 25.1 Å². The molecule has 0 aromatic heterocycles. The van der Waals surface area contributed by atoms with E-state index in [0.29, 0.717) is 12.8 Å². The summed E-state index contributed by atoms with van der Waals surface area (Å²) in [4.78, 5) is 24.2. The van der Waals surface area contributed by atoms with Crippen LogP contribution in [0.4, 0.5) is 13.2 Å². The summed E-state index contributed by atoms with van der Waals surface area (Å²) in [5.41, 5.74) is 0.372. The number of nitrogens with one attached hydrogen (secondary N) is 1. The van der Waals surface area contributed by atoms with Crippen LogP contribution in [0.3, 0.4) is 0 Å². The summed E-state index contributed by atoms with van der Waals surface area (Å²) in [6.07, 6.45) is -3.84. The highest BCUT2D eigenvalue weighted by atomic mass is 19.4. The molecule has 1 aromatic carbocycles. The second-order valence-electron chi connectivity index (χ2n) is 5.97. The average Bonchev–Trinajstić information content (AvgIpc) is 2.58. The Kier molecular flexibility index (Phi) is 6.07. The fourth-order valence-corrected chi connectivity index (χ4v) is 2.78. The quantitative estimate of drug-likeness (QED) is 0.656. The third-order valence-electron chi connectivity index (χ3n) is 4.05. The predicted molar refractivity (Wildman–Crippen MR) is 84.0 cm³/mol. The van der Waals surface area contributed by atoms with Crippen LogP contribution >= 0.6 is 0 Å². The van der Waals surface area contributed by atoms with Crippen LogP contribution < -0.4 is 10.8 Å². The Hall–Kier alpha value is -2.07. The fraction of sp³-hybridized carbons (Fsp3) is 0.467. The van der Waals surface area contributed by atoms with Crippen LogP contribution in [0.5, 0.6) is 0 Å². The molecule has 10 heteroatoms. The molecule has 0 bridgehead atoms. The van der Waals surface area contributed by atoms with Gasteiger partial charge in [0.25, 0.3) is 5.91 Å². The van der Waals surface area contributed by atoms with Gasteiger partial charge >= 0.3 is 19.2 Å². The molecule has 0 aliphatic carbocycles. The molecule has 1 atom stereocenters. The summed E-state index contributed by atoms with van der Waals surface area (Å²) in [7, 11) is -1.70. The molecule has 0 saturated carbocycles. The molecule has 6 nitrogen and oxygen atoms in total. The molecule has 2 rings (SSSR count). The minimum atomic E-state index is -4.89. The summed E-state index contributed by atoms with van der Waals surface area (Å²) < 4.78 is 37.5. The molecule has 136 valence electrons. The van der Waals surface area contributed by atoms with Crippen LogP contribution in [0.2, 0.25) is 0 Å². The number of amides is 2.